The third-order valence-corrected chi connectivity index (χ3v) is 4.76. The number of nitrogens with one attached hydrogen (secondary N) is 1. The minimum absolute atomic E-state index is 0.00772. The van der Waals surface area contributed by atoms with Crippen molar-refractivity contribution in [3.8, 4) is 0 Å². The van der Waals surface area contributed by atoms with Gasteiger partial charge in [0, 0.05) is 37.6 Å². The van der Waals surface area contributed by atoms with Crippen LogP contribution in [0.5, 0.6) is 0 Å². The lowest BCUT2D eigenvalue weighted by molar-refractivity contribution is -0.138. The Kier molecular flexibility index (Phi) is 7.11. The molecule has 1 heterocycles. The monoisotopic (exact) mass is 439 g/mol. The summed E-state index contributed by atoms with van der Waals surface area (Å²) in [5.74, 6) is -1.26. The van der Waals surface area contributed by atoms with E-state index < -0.39 is 24.3 Å². The summed E-state index contributed by atoms with van der Waals surface area (Å²) in [7, 11) is 0. The van der Waals surface area contributed by atoms with E-state index in [1.165, 1.54) is 24.3 Å². The summed E-state index contributed by atoms with van der Waals surface area (Å²) in [6, 6.07) is 10.4. The van der Waals surface area contributed by atoms with Crippen molar-refractivity contribution in [1.82, 2.24) is 4.90 Å². The highest BCUT2D eigenvalue weighted by Gasteiger charge is 2.30. The second-order valence-electron chi connectivity index (χ2n) is 6.96. The van der Waals surface area contributed by atoms with Crippen LogP contribution in [0.1, 0.15) is 5.56 Å². The number of benzene rings is 2. The lowest BCUT2D eigenvalue weighted by Crippen LogP contribution is -2.49. The van der Waals surface area contributed by atoms with Gasteiger partial charge >= 0.3 is 6.18 Å². The molecule has 10 heteroatoms. The van der Waals surface area contributed by atoms with Crippen molar-refractivity contribution in [2.24, 2.45) is 0 Å². The lowest BCUT2D eigenvalue weighted by atomic mass is 10.2. The second-order valence-corrected chi connectivity index (χ2v) is 6.96. The molecule has 166 valence electrons. The maximum absolute atomic E-state index is 13.0. The summed E-state index contributed by atoms with van der Waals surface area (Å²) in [5.41, 5.74) is -0.0103. The molecule has 2 aromatic rings. The molecular weight excluding hydrogens is 418 g/mol. The predicted octanol–water partition coefficient (Wildman–Crippen LogP) is 3.15. The van der Waals surface area contributed by atoms with Gasteiger partial charge in [0.15, 0.2) is 0 Å². The molecular formula is C21H21F4N3O3. The van der Waals surface area contributed by atoms with Gasteiger partial charge in [0.05, 0.1) is 5.56 Å². The average molecular weight is 439 g/mol. The first-order valence-corrected chi connectivity index (χ1v) is 9.55. The van der Waals surface area contributed by atoms with E-state index in [0.29, 0.717) is 26.2 Å². The molecule has 6 nitrogen and oxygen atoms in total. The molecule has 0 spiro atoms. The first-order chi connectivity index (χ1) is 14.7. The summed E-state index contributed by atoms with van der Waals surface area (Å²) in [4.78, 5) is 27.8. The molecule has 0 atom stereocenters. The zero-order valence-corrected chi connectivity index (χ0v) is 16.5. The minimum atomic E-state index is -4.51. The van der Waals surface area contributed by atoms with E-state index >= 15 is 0 Å². The Morgan fingerprint density at radius 3 is 2.29 bits per heavy atom. The fraction of sp³-hybridized carbons (Fsp3) is 0.333. The molecule has 1 fully saturated rings. The molecule has 0 aliphatic carbocycles. The molecule has 31 heavy (non-hydrogen) atoms. The van der Waals surface area contributed by atoms with Crippen LogP contribution >= 0.6 is 0 Å². The number of carbonyl (C=O) groups is 2. The van der Waals surface area contributed by atoms with Gasteiger partial charge in [0.2, 0.25) is 11.8 Å². The molecule has 1 saturated heterocycles. The average Bonchev–Trinajstić information content (AvgIpc) is 2.74. The Morgan fingerprint density at radius 1 is 0.968 bits per heavy atom. The quantitative estimate of drug-likeness (QED) is 0.703. The van der Waals surface area contributed by atoms with Crippen molar-refractivity contribution in [2.45, 2.75) is 6.18 Å². The van der Waals surface area contributed by atoms with Gasteiger partial charge in [0.25, 0.3) is 0 Å². The Hall–Kier alpha value is -3.14. The third-order valence-electron chi connectivity index (χ3n) is 4.76. The highest BCUT2D eigenvalue weighted by molar-refractivity contribution is 5.92. The maximum Gasteiger partial charge on any atom is 0.416 e. The number of ether oxygens (including phenoxy) is 1. The van der Waals surface area contributed by atoms with Crippen molar-refractivity contribution in [2.75, 3.05) is 49.6 Å². The zero-order valence-electron chi connectivity index (χ0n) is 16.5. The summed E-state index contributed by atoms with van der Waals surface area (Å²) < 4.78 is 56.3. The van der Waals surface area contributed by atoms with Gasteiger partial charge in [-0.2, -0.15) is 13.2 Å². The number of amides is 2. The first kappa shape index (κ1) is 22.5. The van der Waals surface area contributed by atoms with Crippen LogP contribution in [0.15, 0.2) is 48.5 Å². The summed E-state index contributed by atoms with van der Waals surface area (Å²) in [6.45, 7) is 1.29. The number of halogens is 4. The molecule has 0 saturated carbocycles. The summed E-state index contributed by atoms with van der Waals surface area (Å²) in [6.07, 6.45) is -4.51. The van der Waals surface area contributed by atoms with Gasteiger partial charge in [-0.15, -0.1) is 0 Å². The molecule has 1 aliphatic rings. The van der Waals surface area contributed by atoms with Crippen LogP contribution in [-0.4, -0.2) is 56.1 Å². The number of carbonyl (C=O) groups excluding carboxylic acids is 2. The fourth-order valence-corrected chi connectivity index (χ4v) is 3.16. The number of rotatable bonds is 6. The van der Waals surface area contributed by atoms with E-state index in [1.54, 1.807) is 17.0 Å². The van der Waals surface area contributed by atoms with Gasteiger partial charge in [0.1, 0.15) is 19.0 Å². The number of alkyl halides is 3. The van der Waals surface area contributed by atoms with Gasteiger partial charge < -0.3 is 19.9 Å². The molecule has 0 radical (unpaired) electrons. The van der Waals surface area contributed by atoms with Gasteiger partial charge in [-0.3, -0.25) is 9.59 Å². The van der Waals surface area contributed by atoms with Crippen LogP contribution in [0.4, 0.5) is 28.9 Å². The number of nitrogens with zero attached hydrogens (tertiary/aromatic N) is 2. The van der Waals surface area contributed by atoms with Gasteiger partial charge in [-0.1, -0.05) is 6.07 Å². The van der Waals surface area contributed by atoms with Crippen molar-refractivity contribution in [3.63, 3.8) is 0 Å². The smallest absolute Gasteiger partial charge is 0.368 e. The van der Waals surface area contributed by atoms with Crippen LogP contribution in [0.3, 0.4) is 0 Å². The zero-order chi connectivity index (χ0) is 22.4. The Labute approximate surface area is 176 Å². The number of piperazine rings is 1. The molecule has 3 rings (SSSR count). The van der Waals surface area contributed by atoms with Crippen LogP contribution in [0, 0.1) is 5.82 Å². The Bertz CT molecular complexity index is 911. The predicted molar refractivity (Wildman–Crippen MR) is 106 cm³/mol. The van der Waals surface area contributed by atoms with E-state index in [9.17, 15) is 27.2 Å². The highest BCUT2D eigenvalue weighted by Crippen LogP contribution is 2.30. The molecule has 2 amide bonds. The standard InChI is InChI=1S/C21H21F4N3O3/c22-16-4-6-18(7-5-16)27-8-10-28(11-9-27)20(30)14-31-13-19(29)26-17-3-1-2-15(12-17)21(23,24)25/h1-7,12H,8-11,13-14H2,(H,26,29). The van der Waals surface area contributed by atoms with Gasteiger partial charge in [-0.05, 0) is 42.5 Å². The lowest BCUT2D eigenvalue weighted by Gasteiger charge is -2.36. The van der Waals surface area contributed by atoms with Gasteiger partial charge in [-0.25, -0.2) is 4.39 Å². The highest BCUT2D eigenvalue weighted by atomic mass is 19.4. The largest absolute Gasteiger partial charge is 0.416 e. The SMILES string of the molecule is O=C(COCC(=O)N1CCN(c2ccc(F)cc2)CC1)Nc1cccc(C(F)(F)F)c1. The maximum atomic E-state index is 13.0. The molecule has 0 bridgehead atoms. The van der Waals surface area contributed by atoms with Crippen molar-refractivity contribution in [3.05, 3.63) is 59.9 Å². The minimum Gasteiger partial charge on any atom is -0.368 e. The fourth-order valence-electron chi connectivity index (χ4n) is 3.16. The van der Waals surface area contributed by atoms with Crippen LogP contribution < -0.4 is 10.2 Å². The topological polar surface area (TPSA) is 61.9 Å². The molecule has 1 N–H and O–H groups in total. The summed E-state index contributed by atoms with van der Waals surface area (Å²) >= 11 is 0. The van der Waals surface area contributed by atoms with Crippen molar-refractivity contribution < 1.29 is 31.9 Å². The summed E-state index contributed by atoms with van der Waals surface area (Å²) in [5, 5.41) is 2.31. The Balaban J connectivity index is 1.39. The van der Waals surface area contributed by atoms with E-state index in [-0.39, 0.29) is 24.0 Å². The molecule has 1 aliphatic heterocycles. The first-order valence-electron chi connectivity index (χ1n) is 9.55. The number of hydrogen-bond donors (Lipinski definition) is 1. The van der Waals surface area contributed by atoms with Crippen molar-refractivity contribution in [1.29, 1.82) is 0 Å². The van der Waals surface area contributed by atoms with Crippen LogP contribution in [0.2, 0.25) is 0 Å². The van der Waals surface area contributed by atoms with E-state index in [0.717, 1.165) is 17.8 Å². The van der Waals surface area contributed by atoms with Crippen LogP contribution in [0.25, 0.3) is 0 Å². The molecule has 2 aromatic carbocycles. The third kappa shape index (κ3) is 6.42. The Morgan fingerprint density at radius 2 is 1.65 bits per heavy atom. The normalized spacial score (nSPS) is 14.5. The number of hydrogen-bond acceptors (Lipinski definition) is 4. The van der Waals surface area contributed by atoms with E-state index in [2.05, 4.69) is 5.32 Å². The van der Waals surface area contributed by atoms with Crippen molar-refractivity contribution >= 4 is 23.2 Å². The second kappa shape index (κ2) is 9.78. The van der Waals surface area contributed by atoms with E-state index in [1.807, 2.05) is 4.90 Å². The molecule has 0 unspecified atom stereocenters. The number of anilines is 2. The van der Waals surface area contributed by atoms with E-state index in [4.69, 9.17) is 4.74 Å². The van der Waals surface area contributed by atoms with Crippen LogP contribution in [-0.2, 0) is 20.5 Å². The molecule has 0 aromatic heterocycles.